The third-order valence-corrected chi connectivity index (χ3v) is 6.51. The Morgan fingerprint density at radius 2 is 2.05 bits per heavy atom. The average molecular weight is 321 g/mol. The van der Waals surface area contributed by atoms with Crippen molar-refractivity contribution >= 4 is 27.3 Å². The first-order chi connectivity index (χ1) is 9.21. The largest absolute Gasteiger partial charge is 0.477 e. The summed E-state index contributed by atoms with van der Waals surface area (Å²) >= 11 is 0.762. The molecule has 0 unspecified atom stereocenters. The first-order valence-corrected chi connectivity index (χ1v) is 8.44. The number of aromatic carboxylic acids is 1. The van der Waals surface area contributed by atoms with Gasteiger partial charge in [-0.1, -0.05) is 0 Å². The van der Waals surface area contributed by atoms with Crippen LogP contribution in [0.5, 0.6) is 0 Å². The monoisotopic (exact) mass is 321 g/mol. The summed E-state index contributed by atoms with van der Waals surface area (Å²) in [7, 11) is -3.73. The molecule has 1 aromatic heterocycles. The molecule has 6 nitrogen and oxygen atoms in total. The molecule has 0 atom stereocenters. The highest BCUT2D eigenvalue weighted by Gasteiger charge is 2.29. The van der Waals surface area contributed by atoms with E-state index in [1.807, 2.05) is 0 Å². The summed E-state index contributed by atoms with van der Waals surface area (Å²) in [6.07, 6.45) is 0.341. The minimum absolute atomic E-state index is 0.0269. The van der Waals surface area contributed by atoms with Crippen molar-refractivity contribution in [2.75, 3.05) is 13.2 Å². The van der Waals surface area contributed by atoms with Gasteiger partial charge >= 0.3 is 5.97 Å². The summed E-state index contributed by atoms with van der Waals surface area (Å²) in [6, 6.07) is 1.12. The lowest BCUT2D eigenvalue weighted by molar-refractivity contribution is 0.0701. The maximum atomic E-state index is 12.5. The fourth-order valence-corrected chi connectivity index (χ4v) is 4.97. The molecule has 2 N–H and O–H groups in total. The first-order valence-electron chi connectivity index (χ1n) is 6.18. The molecule has 0 bridgehead atoms. The molecular formula is C12H19NO5S2. The molecule has 0 spiro atoms. The molecule has 0 aliphatic rings. The van der Waals surface area contributed by atoms with Crippen LogP contribution in [0.2, 0.25) is 0 Å². The second-order valence-electron chi connectivity index (χ2n) is 4.67. The van der Waals surface area contributed by atoms with Crippen molar-refractivity contribution in [3.8, 4) is 0 Å². The SMILES string of the molecule is Cc1cc(S(=O)(=O)N(CCCO)C(C)C)sc1C(=O)O. The summed E-state index contributed by atoms with van der Waals surface area (Å²) in [5.41, 5.74) is 0.437. The molecule has 0 saturated carbocycles. The predicted molar refractivity (Wildman–Crippen MR) is 76.7 cm³/mol. The van der Waals surface area contributed by atoms with Crippen LogP contribution in [-0.4, -0.2) is 48.1 Å². The molecule has 0 aliphatic heterocycles. The number of nitrogens with zero attached hydrogens (tertiary/aromatic N) is 1. The minimum atomic E-state index is -3.73. The smallest absolute Gasteiger partial charge is 0.346 e. The summed E-state index contributed by atoms with van der Waals surface area (Å²) < 4.78 is 26.4. The number of carboxylic acid groups (broad SMARTS) is 1. The van der Waals surface area contributed by atoms with Gasteiger partial charge in [0, 0.05) is 19.2 Å². The van der Waals surface area contributed by atoms with E-state index in [0.717, 1.165) is 11.3 Å². The van der Waals surface area contributed by atoms with Gasteiger partial charge in [-0.2, -0.15) is 4.31 Å². The minimum Gasteiger partial charge on any atom is -0.477 e. The molecule has 0 radical (unpaired) electrons. The van der Waals surface area contributed by atoms with Crippen LogP contribution < -0.4 is 0 Å². The van der Waals surface area contributed by atoms with Crippen molar-refractivity contribution in [2.45, 2.75) is 37.4 Å². The van der Waals surface area contributed by atoms with E-state index in [-0.39, 0.29) is 28.3 Å². The summed E-state index contributed by atoms with van der Waals surface area (Å²) in [5, 5.41) is 17.9. The number of carboxylic acids is 1. The van der Waals surface area contributed by atoms with Crippen LogP contribution in [0.15, 0.2) is 10.3 Å². The summed E-state index contributed by atoms with van der Waals surface area (Å²) in [4.78, 5) is 11.0. The number of aliphatic hydroxyl groups excluding tert-OH is 1. The molecule has 8 heteroatoms. The van der Waals surface area contributed by atoms with Crippen molar-refractivity contribution in [3.05, 3.63) is 16.5 Å². The van der Waals surface area contributed by atoms with E-state index in [1.54, 1.807) is 20.8 Å². The first kappa shape index (κ1) is 17.1. The van der Waals surface area contributed by atoms with E-state index in [9.17, 15) is 13.2 Å². The van der Waals surface area contributed by atoms with Gasteiger partial charge in [0.1, 0.15) is 9.09 Å². The van der Waals surface area contributed by atoms with E-state index in [2.05, 4.69) is 0 Å². The predicted octanol–water partition coefficient (Wildman–Crippen LogP) is 1.54. The number of aryl methyl sites for hydroxylation is 1. The highest BCUT2D eigenvalue weighted by molar-refractivity contribution is 7.91. The van der Waals surface area contributed by atoms with E-state index in [1.165, 1.54) is 10.4 Å². The number of sulfonamides is 1. The number of rotatable bonds is 7. The quantitative estimate of drug-likeness (QED) is 0.794. The van der Waals surface area contributed by atoms with Crippen LogP contribution in [-0.2, 0) is 10.0 Å². The second-order valence-corrected chi connectivity index (χ2v) is 7.84. The molecule has 1 aromatic rings. The van der Waals surface area contributed by atoms with Crippen LogP contribution in [0, 0.1) is 6.92 Å². The molecule has 0 fully saturated rings. The Kier molecular flexibility index (Phi) is 5.69. The number of aliphatic hydroxyl groups is 1. The molecular weight excluding hydrogens is 302 g/mol. The highest BCUT2D eigenvalue weighted by atomic mass is 32.2. The van der Waals surface area contributed by atoms with Crippen molar-refractivity contribution < 1.29 is 23.4 Å². The van der Waals surface area contributed by atoms with Gasteiger partial charge in [-0.25, -0.2) is 13.2 Å². The molecule has 114 valence electrons. The van der Waals surface area contributed by atoms with Gasteiger partial charge in [0.2, 0.25) is 0 Å². The van der Waals surface area contributed by atoms with Crippen molar-refractivity contribution in [1.29, 1.82) is 0 Å². The Balaban J connectivity index is 3.19. The fourth-order valence-electron chi connectivity index (χ4n) is 1.79. The van der Waals surface area contributed by atoms with E-state index < -0.39 is 16.0 Å². The number of thiophene rings is 1. The van der Waals surface area contributed by atoms with E-state index in [4.69, 9.17) is 10.2 Å². The lowest BCUT2D eigenvalue weighted by atomic mass is 10.3. The fraction of sp³-hybridized carbons (Fsp3) is 0.583. The van der Waals surface area contributed by atoms with E-state index in [0.29, 0.717) is 12.0 Å². The van der Waals surface area contributed by atoms with Gasteiger partial charge < -0.3 is 10.2 Å². The Hall–Kier alpha value is -0.960. The lowest BCUT2D eigenvalue weighted by Gasteiger charge is -2.24. The van der Waals surface area contributed by atoms with Crippen LogP contribution in [0.3, 0.4) is 0 Å². The van der Waals surface area contributed by atoms with Gasteiger partial charge in [-0.3, -0.25) is 0 Å². The van der Waals surface area contributed by atoms with Crippen molar-refractivity contribution in [1.82, 2.24) is 4.31 Å². The van der Waals surface area contributed by atoms with Crippen molar-refractivity contribution in [2.24, 2.45) is 0 Å². The normalized spacial score (nSPS) is 12.3. The van der Waals surface area contributed by atoms with Crippen LogP contribution in [0.1, 0.15) is 35.5 Å². The maximum absolute atomic E-state index is 12.5. The zero-order valence-corrected chi connectivity index (χ0v) is 13.3. The second kappa shape index (κ2) is 6.66. The number of hydrogen-bond acceptors (Lipinski definition) is 5. The zero-order valence-electron chi connectivity index (χ0n) is 11.7. The van der Waals surface area contributed by atoms with E-state index >= 15 is 0 Å². The van der Waals surface area contributed by atoms with Crippen LogP contribution in [0.25, 0.3) is 0 Å². The van der Waals surface area contributed by atoms with Crippen LogP contribution in [0.4, 0.5) is 0 Å². The molecule has 1 rings (SSSR count). The Morgan fingerprint density at radius 3 is 2.45 bits per heavy atom. The molecule has 0 aromatic carbocycles. The Labute approximate surface area is 122 Å². The standard InChI is InChI=1S/C12H19NO5S2/c1-8(2)13(5-4-6-14)20(17,18)10-7-9(3)11(19-10)12(15)16/h7-8,14H,4-6H2,1-3H3,(H,15,16). The molecule has 1 heterocycles. The molecule has 0 saturated heterocycles. The van der Waals surface area contributed by atoms with Gasteiger partial charge in [-0.15, -0.1) is 11.3 Å². The molecule has 20 heavy (non-hydrogen) atoms. The topological polar surface area (TPSA) is 94.9 Å². The summed E-state index contributed by atoms with van der Waals surface area (Å²) in [6.45, 7) is 5.17. The van der Waals surface area contributed by atoms with Crippen molar-refractivity contribution in [3.63, 3.8) is 0 Å². The number of hydrogen-bond donors (Lipinski definition) is 2. The Morgan fingerprint density at radius 1 is 1.45 bits per heavy atom. The van der Waals surface area contributed by atoms with Gasteiger partial charge in [0.05, 0.1) is 0 Å². The zero-order chi connectivity index (χ0) is 15.5. The molecule has 0 amide bonds. The maximum Gasteiger partial charge on any atom is 0.346 e. The van der Waals surface area contributed by atoms with Gasteiger partial charge in [0.25, 0.3) is 10.0 Å². The highest BCUT2D eigenvalue weighted by Crippen LogP contribution is 2.29. The lowest BCUT2D eigenvalue weighted by Crippen LogP contribution is -2.37. The average Bonchev–Trinajstić information content (AvgIpc) is 2.72. The summed E-state index contributed by atoms with van der Waals surface area (Å²) in [5.74, 6) is -1.12. The van der Waals surface area contributed by atoms with Crippen LogP contribution >= 0.6 is 11.3 Å². The Bertz CT molecular complexity index is 577. The number of carbonyl (C=O) groups is 1. The molecule has 0 aliphatic carbocycles. The van der Waals surface area contributed by atoms with Gasteiger partial charge in [-0.05, 0) is 38.8 Å². The third-order valence-electron chi connectivity index (χ3n) is 2.76. The van der Waals surface area contributed by atoms with Gasteiger partial charge in [0.15, 0.2) is 0 Å². The third kappa shape index (κ3) is 3.57.